The first-order chi connectivity index (χ1) is 24.7. The maximum absolute atomic E-state index is 13.9. The Labute approximate surface area is 298 Å². The summed E-state index contributed by atoms with van der Waals surface area (Å²) in [4.78, 5) is 52.5. The molecular formula is C41H32N4O5S. The highest BCUT2D eigenvalue weighted by atomic mass is 32.2. The van der Waals surface area contributed by atoms with Gasteiger partial charge in [0.2, 0.25) is 5.91 Å². The van der Waals surface area contributed by atoms with E-state index in [1.165, 1.54) is 23.9 Å². The van der Waals surface area contributed by atoms with E-state index in [4.69, 9.17) is 0 Å². The van der Waals surface area contributed by atoms with Crippen molar-refractivity contribution in [2.75, 3.05) is 10.6 Å². The molecule has 6 aromatic rings. The molecule has 0 radical (unpaired) electrons. The molecule has 51 heavy (non-hydrogen) atoms. The van der Waals surface area contributed by atoms with E-state index in [0.29, 0.717) is 27.4 Å². The van der Waals surface area contributed by atoms with Crippen molar-refractivity contribution in [2.24, 2.45) is 0 Å². The van der Waals surface area contributed by atoms with E-state index in [0.717, 1.165) is 21.9 Å². The van der Waals surface area contributed by atoms with Crippen LogP contribution in [0.1, 0.15) is 32.3 Å². The van der Waals surface area contributed by atoms with Gasteiger partial charge in [0.1, 0.15) is 10.9 Å². The summed E-state index contributed by atoms with van der Waals surface area (Å²) in [5, 5.41) is 21.2. The van der Waals surface area contributed by atoms with Crippen molar-refractivity contribution in [1.82, 2.24) is 5.32 Å². The SMILES string of the molecule is Cc1ccc([N+](=O)[O-])cc1NC(=O)C(Sc1cccc(NC(=O)/C(=C\c2cccc3ccccc23)NC(=O)c2ccccc2)c1)c1ccccc1. The number of fused-ring (bicyclic) bond motifs is 1. The zero-order chi connectivity index (χ0) is 35.7. The molecule has 0 saturated heterocycles. The third-order valence-corrected chi connectivity index (χ3v) is 9.28. The fourth-order valence-corrected chi connectivity index (χ4v) is 6.50. The topological polar surface area (TPSA) is 130 Å². The van der Waals surface area contributed by atoms with E-state index >= 15 is 0 Å². The van der Waals surface area contributed by atoms with Gasteiger partial charge >= 0.3 is 0 Å². The first kappa shape index (κ1) is 34.3. The molecule has 6 rings (SSSR count). The van der Waals surface area contributed by atoms with Crippen molar-refractivity contribution in [3.05, 3.63) is 184 Å². The summed E-state index contributed by atoms with van der Waals surface area (Å²) in [7, 11) is 0. The van der Waals surface area contributed by atoms with Crippen LogP contribution in [0.4, 0.5) is 17.1 Å². The van der Waals surface area contributed by atoms with Gasteiger partial charge in [-0.1, -0.05) is 103 Å². The fraction of sp³-hybridized carbons (Fsp3) is 0.0488. The van der Waals surface area contributed by atoms with Gasteiger partial charge in [-0.15, -0.1) is 11.8 Å². The molecular weight excluding hydrogens is 661 g/mol. The number of hydrogen-bond donors (Lipinski definition) is 3. The summed E-state index contributed by atoms with van der Waals surface area (Å²) < 4.78 is 0. The predicted octanol–water partition coefficient (Wildman–Crippen LogP) is 8.94. The van der Waals surface area contributed by atoms with E-state index in [1.807, 2.05) is 84.9 Å². The quantitative estimate of drug-likeness (QED) is 0.0538. The number of hydrogen-bond acceptors (Lipinski definition) is 6. The van der Waals surface area contributed by atoms with Crippen LogP contribution in [0, 0.1) is 17.0 Å². The molecule has 0 aromatic heterocycles. The van der Waals surface area contributed by atoms with Gasteiger partial charge in [0.15, 0.2) is 0 Å². The second-order valence-corrected chi connectivity index (χ2v) is 12.8. The second kappa shape index (κ2) is 15.8. The highest BCUT2D eigenvalue weighted by Crippen LogP contribution is 2.38. The maximum Gasteiger partial charge on any atom is 0.272 e. The van der Waals surface area contributed by atoms with Crippen LogP contribution in [0.2, 0.25) is 0 Å². The van der Waals surface area contributed by atoms with Gasteiger partial charge in [-0.3, -0.25) is 24.5 Å². The summed E-state index contributed by atoms with van der Waals surface area (Å²) in [6.45, 7) is 1.77. The first-order valence-corrected chi connectivity index (χ1v) is 16.9. The largest absolute Gasteiger partial charge is 0.324 e. The number of carbonyl (C=O) groups excluding carboxylic acids is 3. The molecule has 1 unspecified atom stereocenters. The van der Waals surface area contributed by atoms with Crippen molar-refractivity contribution in [1.29, 1.82) is 0 Å². The minimum Gasteiger partial charge on any atom is -0.324 e. The molecule has 0 aliphatic carbocycles. The van der Waals surface area contributed by atoms with Crippen molar-refractivity contribution in [2.45, 2.75) is 17.1 Å². The molecule has 3 amide bonds. The molecule has 0 spiro atoms. The summed E-state index contributed by atoms with van der Waals surface area (Å²) in [6.07, 6.45) is 1.66. The van der Waals surface area contributed by atoms with Gasteiger partial charge in [-0.2, -0.15) is 0 Å². The van der Waals surface area contributed by atoms with E-state index in [1.54, 1.807) is 61.5 Å². The molecule has 10 heteroatoms. The third kappa shape index (κ3) is 8.56. The van der Waals surface area contributed by atoms with E-state index in [2.05, 4.69) is 16.0 Å². The third-order valence-electron chi connectivity index (χ3n) is 8.03. The van der Waals surface area contributed by atoms with Crippen molar-refractivity contribution in [3.8, 4) is 0 Å². The Morgan fingerprint density at radius 1 is 0.745 bits per heavy atom. The van der Waals surface area contributed by atoms with Gasteiger partial charge in [-0.05, 0) is 70.8 Å². The minimum atomic E-state index is -0.734. The molecule has 3 N–H and O–H groups in total. The molecule has 252 valence electrons. The van der Waals surface area contributed by atoms with Crippen LogP contribution in [-0.2, 0) is 9.59 Å². The Morgan fingerprint density at radius 3 is 2.20 bits per heavy atom. The second-order valence-electron chi connectivity index (χ2n) is 11.6. The van der Waals surface area contributed by atoms with Crippen molar-refractivity contribution in [3.63, 3.8) is 0 Å². The summed E-state index contributed by atoms with van der Waals surface area (Å²) in [5.41, 5.74) is 3.28. The Hall–Kier alpha value is -6.52. The lowest BCUT2D eigenvalue weighted by Gasteiger charge is -2.18. The van der Waals surface area contributed by atoms with Crippen LogP contribution < -0.4 is 16.0 Å². The van der Waals surface area contributed by atoms with E-state index in [-0.39, 0.29) is 17.3 Å². The van der Waals surface area contributed by atoms with Crippen LogP contribution >= 0.6 is 11.8 Å². The number of nitrogens with one attached hydrogen (secondary N) is 3. The van der Waals surface area contributed by atoms with Crippen LogP contribution in [-0.4, -0.2) is 22.6 Å². The number of aryl methyl sites for hydroxylation is 1. The Balaban J connectivity index is 1.27. The van der Waals surface area contributed by atoms with Gasteiger partial charge in [0.05, 0.1) is 10.6 Å². The van der Waals surface area contributed by atoms with Crippen molar-refractivity contribution >= 4 is 63.4 Å². The Kier molecular flexibility index (Phi) is 10.6. The number of amides is 3. The fourth-order valence-electron chi connectivity index (χ4n) is 5.41. The molecule has 0 aliphatic rings. The lowest BCUT2D eigenvalue weighted by atomic mass is 10.0. The predicted molar refractivity (Wildman–Crippen MR) is 202 cm³/mol. The highest BCUT2D eigenvalue weighted by molar-refractivity contribution is 8.00. The van der Waals surface area contributed by atoms with Crippen LogP contribution in [0.25, 0.3) is 16.8 Å². The number of anilines is 2. The summed E-state index contributed by atoms with van der Waals surface area (Å²) in [6, 6.07) is 42.8. The number of nitro groups is 1. The standard InChI is InChI=1S/C41H32N4O5S/c1-27-22-23-33(45(49)50)26-36(27)43-41(48)38(29-13-4-2-5-14-29)51-34-20-11-19-32(25-34)42-40(47)37(44-39(46)30-15-6-3-7-16-30)24-31-18-10-17-28-12-8-9-21-35(28)31/h2-26,38H,1H3,(H,42,47)(H,43,48)(H,44,46)/b37-24+. The van der Waals surface area contributed by atoms with Crippen LogP contribution in [0.3, 0.4) is 0 Å². The first-order valence-electron chi connectivity index (χ1n) is 16.0. The van der Waals surface area contributed by atoms with Crippen LogP contribution in [0.15, 0.2) is 156 Å². The van der Waals surface area contributed by atoms with Crippen molar-refractivity contribution < 1.29 is 19.3 Å². The smallest absolute Gasteiger partial charge is 0.272 e. The normalized spacial score (nSPS) is 11.7. The van der Waals surface area contributed by atoms with Gasteiger partial charge < -0.3 is 16.0 Å². The summed E-state index contributed by atoms with van der Waals surface area (Å²) in [5.74, 6) is -1.33. The number of thioether (sulfide) groups is 1. The number of rotatable bonds is 11. The maximum atomic E-state index is 13.9. The number of carbonyl (C=O) groups is 3. The molecule has 0 saturated carbocycles. The average Bonchev–Trinajstić information content (AvgIpc) is 3.15. The minimum absolute atomic E-state index is 0.0483. The average molecular weight is 693 g/mol. The van der Waals surface area contributed by atoms with Gasteiger partial charge in [0, 0.05) is 28.3 Å². The molecule has 0 fully saturated rings. The Bertz CT molecular complexity index is 2270. The molecule has 9 nitrogen and oxygen atoms in total. The monoisotopic (exact) mass is 692 g/mol. The number of nitrogens with zero attached hydrogens (tertiary/aromatic N) is 1. The van der Waals surface area contributed by atoms with Crippen LogP contribution in [0.5, 0.6) is 0 Å². The number of nitro benzene ring substituents is 1. The highest BCUT2D eigenvalue weighted by Gasteiger charge is 2.24. The molecule has 6 aromatic carbocycles. The lowest BCUT2D eigenvalue weighted by Crippen LogP contribution is -2.30. The Morgan fingerprint density at radius 2 is 1.43 bits per heavy atom. The molecule has 0 heterocycles. The molecule has 0 aliphatic heterocycles. The zero-order valence-corrected chi connectivity index (χ0v) is 28.2. The van der Waals surface area contributed by atoms with Gasteiger partial charge in [0.25, 0.3) is 17.5 Å². The summed E-state index contributed by atoms with van der Waals surface area (Å²) >= 11 is 1.27. The zero-order valence-electron chi connectivity index (χ0n) is 27.4. The van der Waals surface area contributed by atoms with Gasteiger partial charge in [-0.25, -0.2) is 0 Å². The van der Waals surface area contributed by atoms with E-state index in [9.17, 15) is 24.5 Å². The molecule has 1 atom stereocenters. The molecule has 0 bridgehead atoms. The number of non-ortho nitro benzene ring substituents is 1. The van der Waals surface area contributed by atoms with E-state index < -0.39 is 22.0 Å². The number of benzene rings is 6. The lowest BCUT2D eigenvalue weighted by molar-refractivity contribution is -0.384.